The highest BCUT2D eigenvalue weighted by molar-refractivity contribution is 9.10. The third-order valence-corrected chi connectivity index (χ3v) is 2.88. The number of esters is 1. The molecule has 0 aromatic carbocycles. The summed E-state index contributed by atoms with van der Waals surface area (Å²) in [6, 6.07) is 0. The minimum absolute atomic E-state index is 0.0504. The van der Waals surface area contributed by atoms with Crippen LogP contribution < -0.4 is 5.73 Å². The molecule has 0 amide bonds. The molecule has 1 aromatic rings. The van der Waals surface area contributed by atoms with Gasteiger partial charge in [0.1, 0.15) is 0 Å². The summed E-state index contributed by atoms with van der Waals surface area (Å²) in [5.74, 6) is -0.903. The lowest BCUT2D eigenvalue weighted by molar-refractivity contribution is 0.0581. The van der Waals surface area contributed by atoms with Crippen LogP contribution in [0.1, 0.15) is 28.0 Å². The number of hydrogen-bond acceptors (Lipinski definition) is 4. The van der Waals surface area contributed by atoms with E-state index < -0.39 is 23.7 Å². The van der Waals surface area contributed by atoms with Crippen LogP contribution in [0, 0.1) is 0 Å². The number of nitrogens with two attached hydrogens (primary N) is 1. The van der Waals surface area contributed by atoms with E-state index in [0.717, 1.165) is 7.11 Å². The Morgan fingerprint density at radius 2 is 2.31 bits per heavy atom. The highest BCUT2D eigenvalue weighted by Crippen LogP contribution is 2.32. The lowest BCUT2D eigenvalue weighted by atomic mass is 10.1. The van der Waals surface area contributed by atoms with Gasteiger partial charge >= 0.3 is 5.97 Å². The van der Waals surface area contributed by atoms with Crippen LogP contribution in [0.5, 0.6) is 0 Å². The molecule has 16 heavy (non-hydrogen) atoms. The van der Waals surface area contributed by atoms with Crippen LogP contribution in [0.2, 0.25) is 0 Å². The summed E-state index contributed by atoms with van der Waals surface area (Å²) in [6.45, 7) is 0.0504. The van der Waals surface area contributed by atoms with Gasteiger partial charge in [0.05, 0.1) is 12.7 Å². The van der Waals surface area contributed by atoms with E-state index in [9.17, 15) is 13.6 Å². The number of nitrogens with zero attached hydrogens (tertiary/aromatic N) is 1. The van der Waals surface area contributed by atoms with Crippen LogP contribution in [0.3, 0.4) is 0 Å². The second-order valence-electron chi connectivity index (χ2n) is 2.86. The molecule has 0 aliphatic heterocycles. The predicted molar refractivity (Wildman–Crippen MR) is 56.1 cm³/mol. The quantitative estimate of drug-likeness (QED) is 0.866. The SMILES string of the molecule is COC(=O)c1ncc(CN)c(Br)c1C(F)F. The number of carbonyl (C=O) groups is 1. The second-order valence-corrected chi connectivity index (χ2v) is 3.65. The Balaban J connectivity index is 3.40. The van der Waals surface area contributed by atoms with Gasteiger partial charge in [-0.3, -0.25) is 0 Å². The van der Waals surface area contributed by atoms with Gasteiger partial charge < -0.3 is 10.5 Å². The average Bonchev–Trinajstić information content (AvgIpc) is 2.26. The Morgan fingerprint density at radius 3 is 2.75 bits per heavy atom. The van der Waals surface area contributed by atoms with E-state index in [2.05, 4.69) is 25.7 Å². The zero-order valence-electron chi connectivity index (χ0n) is 8.34. The van der Waals surface area contributed by atoms with Crippen molar-refractivity contribution in [1.29, 1.82) is 0 Å². The first-order valence-corrected chi connectivity index (χ1v) is 5.06. The molecular weight excluding hydrogens is 286 g/mol. The number of methoxy groups -OCH3 is 1. The number of halogens is 3. The normalized spacial score (nSPS) is 10.6. The van der Waals surface area contributed by atoms with Crippen molar-refractivity contribution in [2.24, 2.45) is 5.73 Å². The van der Waals surface area contributed by atoms with Crippen molar-refractivity contribution in [3.8, 4) is 0 Å². The smallest absolute Gasteiger partial charge is 0.357 e. The maximum Gasteiger partial charge on any atom is 0.357 e. The zero-order chi connectivity index (χ0) is 12.3. The summed E-state index contributed by atoms with van der Waals surface area (Å²) in [5, 5.41) is 0. The third-order valence-electron chi connectivity index (χ3n) is 1.94. The summed E-state index contributed by atoms with van der Waals surface area (Å²) < 4.78 is 30.0. The molecule has 0 atom stereocenters. The lowest BCUT2D eigenvalue weighted by Crippen LogP contribution is -2.12. The van der Waals surface area contributed by atoms with E-state index in [1.165, 1.54) is 6.20 Å². The van der Waals surface area contributed by atoms with Gasteiger partial charge in [0, 0.05) is 17.2 Å². The molecular formula is C9H9BrF2N2O2. The molecule has 2 N–H and O–H groups in total. The predicted octanol–water partition coefficient (Wildman–Crippen LogP) is 2.03. The van der Waals surface area contributed by atoms with E-state index in [1.54, 1.807) is 0 Å². The van der Waals surface area contributed by atoms with E-state index in [1.807, 2.05) is 0 Å². The van der Waals surface area contributed by atoms with Gasteiger partial charge in [-0.15, -0.1) is 0 Å². The summed E-state index contributed by atoms with van der Waals surface area (Å²) in [4.78, 5) is 14.9. The number of carbonyl (C=O) groups excluding carboxylic acids is 1. The molecule has 0 saturated heterocycles. The fourth-order valence-electron chi connectivity index (χ4n) is 1.15. The summed E-state index contributed by atoms with van der Waals surface area (Å²) in [6.07, 6.45) is -1.56. The van der Waals surface area contributed by atoms with Crippen molar-refractivity contribution in [2.45, 2.75) is 13.0 Å². The van der Waals surface area contributed by atoms with Crippen molar-refractivity contribution < 1.29 is 18.3 Å². The van der Waals surface area contributed by atoms with Crippen molar-refractivity contribution in [3.63, 3.8) is 0 Å². The van der Waals surface area contributed by atoms with Gasteiger partial charge in [-0.05, 0) is 21.5 Å². The molecule has 1 aromatic heterocycles. The van der Waals surface area contributed by atoms with Crippen molar-refractivity contribution in [3.05, 3.63) is 27.5 Å². The number of rotatable bonds is 3. The van der Waals surface area contributed by atoms with E-state index in [-0.39, 0.29) is 11.0 Å². The average molecular weight is 295 g/mol. The molecule has 0 saturated carbocycles. The lowest BCUT2D eigenvalue weighted by Gasteiger charge is -2.11. The standard InChI is InChI=1S/C9H9BrF2N2O2/c1-16-9(15)7-5(8(11)12)6(10)4(2-13)3-14-7/h3,8H,2,13H2,1H3. The Kier molecular flexibility index (Phi) is 4.31. The molecule has 0 aliphatic rings. The van der Waals surface area contributed by atoms with E-state index in [0.29, 0.717) is 5.56 Å². The van der Waals surface area contributed by atoms with E-state index >= 15 is 0 Å². The highest BCUT2D eigenvalue weighted by Gasteiger charge is 2.25. The van der Waals surface area contributed by atoms with Crippen LogP contribution in [0.4, 0.5) is 8.78 Å². The van der Waals surface area contributed by atoms with E-state index in [4.69, 9.17) is 5.73 Å². The van der Waals surface area contributed by atoms with Crippen LogP contribution in [0.15, 0.2) is 10.7 Å². The zero-order valence-corrected chi connectivity index (χ0v) is 9.92. The van der Waals surface area contributed by atoms with Gasteiger partial charge in [-0.25, -0.2) is 18.6 Å². The van der Waals surface area contributed by atoms with Crippen LogP contribution in [-0.2, 0) is 11.3 Å². The maximum absolute atomic E-state index is 12.8. The first-order valence-electron chi connectivity index (χ1n) is 4.26. The summed E-state index contributed by atoms with van der Waals surface area (Å²) in [7, 11) is 1.10. The Bertz CT molecular complexity index is 413. The van der Waals surface area contributed by atoms with Gasteiger partial charge in [0.15, 0.2) is 5.69 Å². The number of pyridine rings is 1. The van der Waals surface area contributed by atoms with Gasteiger partial charge in [-0.2, -0.15) is 0 Å². The first-order chi connectivity index (χ1) is 7.52. The fourth-order valence-corrected chi connectivity index (χ4v) is 1.77. The van der Waals surface area contributed by atoms with Crippen LogP contribution >= 0.6 is 15.9 Å². The number of aromatic nitrogens is 1. The number of hydrogen-bond donors (Lipinski definition) is 1. The molecule has 0 bridgehead atoms. The van der Waals surface area contributed by atoms with Crippen molar-refractivity contribution >= 4 is 21.9 Å². The molecule has 7 heteroatoms. The summed E-state index contributed by atoms with van der Waals surface area (Å²) in [5.41, 5.74) is 4.86. The largest absolute Gasteiger partial charge is 0.464 e. The highest BCUT2D eigenvalue weighted by atomic mass is 79.9. The molecule has 0 aliphatic carbocycles. The Morgan fingerprint density at radius 1 is 1.69 bits per heavy atom. The van der Waals surface area contributed by atoms with Crippen molar-refractivity contribution in [1.82, 2.24) is 4.98 Å². The molecule has 0 spiro atoms. The number of alkyl halides is 2. The molecule has 1 rings (SSSR count). The summed E-state index contributed by atoms with van der Waals surface area (Å²) >= 11 is 2.98. The second kappa shape index (κ2) is 5.31. The molecule has 88 valence electrons. The Hall–Kier alpha value is -1.08. The maximum atomic E-state index is 12.8. The topological polar surface area (TPSA) is 65.2 Å². The Labute approximate surface area is 98.9 Å². The molecule has 1 heterocycles. The molecule has 4 nitrogen and oxygen atoms in total. The third kappa shape index (κ3) is 2.35. The van der Waals surface area contributed by atoms with Gasteiger partial charge in [-0.1, -0.05) is 0 Å². The van der Waals surface area contributed by atoms with Gasteiger partial charge in [0.2, 0.25) is 0 Å². The first kappa shape index (κ1) is 13.0. The molecule has 0 unspecified atom stereocenters. The minimum atomic E-state index is -2.83. The monoisotopic (exact) mass is 294 g/mol. The molecule has 0 fully saturated rings. The number of ether oxygens (including phenoxy) is 1. The van der Waals surface area contributed by atoms with Crippen LogP contribution in [-0.4, -0.2) is 18.1 Å². The fraction of sp³-hybridized carbons (Fsp3) is 0.333. The molecule has 0 radical (unpaired) electrons. The van der Waals surface area contributed by atoms with Crippen LogP contribution in [0.25, 0.3) is 0 Å². The minimum Gasteiger partial charge on any atom is -0.464 e. The van der Waals surface area contributed by atoms with Gasteiger partial charge in [0.25, 0.3) is 6.43 Å². The van der Waals surface area contributed by atoms with Crippen molar-refractivity contribution in [2.75, 3.05) is 7.11 Å².